The Morgan fingerprint density at radius 1 is 1.08 bits per heavy atom. The largest absolute Gasteiger partial charge is 0.378 e. The molecule has 2 aliphatic carbocycles. The molecule has 0 spiro atoms. The minimum absolute atomic E-state index is 0.0876. The zero-order valence-corrected chi connectivity index (χ0v) is 22.3. The molecule has 1 saturated heterocycles. The van der Waals surface area contributed by atoms with Crippen LogP contribution in [0.1, 0.15) is 77.0 Å². The Labute approximate surface area is 216 Å². The molecule has 6 heteroatoms. The first kappa shape index (κ1) is 25.2. The molecule has 2 atom stereocenters. The van der Waals surface area contributed by atoms with Crippen LogP contribution < -0.4 is 0 Å². The van der Waals surface area contributed by atoms with Crippen LogP contribution in [0.25, 0.3) is 5.57 Å². The Kier molecular flexibility index (Phi) is 7.35. The Morgan fingerprint density at radius 2 is 1.86 bits per heavy atom. The lowest BCUT2D eigenvalue weighted by Gasteiger charge is -2.40. The van der Waals surface area contributed by atoms with E-state index in [1.54, 1.807) is 0 Å². The van der Waals surface area contributed by atoms with Gasteiger partial charge in [-0.2, -0.15) is 5.26 Å². The smallest absolute Gasteiger partial charge is 0.134 e. The fraction of sp³-hybridized carbons (Fsp3) is 0.600. The predicted molar refractivity (Wildman–Crippen MR) is 144 cm³/mol. The molecular weight excluding hydrogens is 446 g/mol. The number of likely N-dealkylation sites (tertiary alicyclic amines) is 1. The number of nitrogens with one attached hydrogen (secondary N) is 1. The van der Waals surface area contributed by atoms with Gasteiger partial charge in [0.25, 0.3) is 0 Å². The Hall–Kier alpha value is -2.46. The monoisotopic (exact) mass is 487 g/mol. The first-order valence-corrected chi connectivity index (χ1v) is 13.8. The van der Waals surface area contributed by atoms with E-state index in [1.165, 1.54) is 33.7 Å². The number of aromatic amines is 1. The van der Waals surface area contributed by atoms with Crippen LogP contribution >= 0.6 is 0 Å². The van der Waals surface area contributed by atoms with Gasteiger partial charge in [-0.25, -0.2) is 4.98 Å². The summed E-state index contributed by atoms with van der Waals surface area (Å²) in [6, 6.07) is 2.82. The van der Waals surface area contributed by atoms with Gasteiger partial charge in [-0.1, -0.05) is 23.3 Å². The number of nitrogens with zero attached hydrogens (tertiary/aromatic N) is 4. The molecule has 1 aromatic rings. The quantitative estimate of drug-likeness (QED) is 0.603. The van der Waals surface area contributed by atoms with Crippen molar-refractivity contribution in [1.29, 1.82) is 5.26 Å². The average Bonchev–Trinajstić information content (AvgIpc) is 3.31. The van der Waals surface area contributed by atoms with Crippen LogP contribution in [-0.4, -0.2) is 56.8 Å². The molecule has 1 aromatic heterocycles. The van der Waals surface area contributed by atoms with Gasteiger partial charge in [0.05, 0.1) is 17.5 Å². The van der Waals surface area contributed by atoms with Crippen LogP contribution in [-0.2, 0) is 13.0 Å². The van der Waals surface area contributed by atoms with Gasteiger partial charge in [-0.05, 0) is 82.9 Å². The molecule has 2 N–H and O–H groups in total. The summed E-state index contributed by atoms with van der Waals surface area (Å²) >= 11 is 0. The lowest BCUT2D eigenvalue weighted by Crippen LogP contribution is -2.46. The number of hydrogen-bond donors (Lipinski definition) is 2. The summed E-state index contributed by atoms with van der Waals surface area (Å²) in [4.78, 5) is 13.5. The topological polar surface area (TPSA) is 79.2 Å². The number of aliphatic hydroxyl groups is 1. The van der Waals surface area contributed by atoms with Crippen LogP contribution in [0.2, 0.25) is 0 Å². The highest BCUT2D eigenvalue weighted by Gasteiger charge is 2.34. The number of fused-ring (bicyclic) bond motifs is 1. The molecule has 0 aromatic carbocycles. The van der Waals surface area contributed by atoms with Gasteiger partial charge in [-0.15, -0.1) is 0 Å². The molecule has 36 heavy (non-hydrogen) atoms. The molecule has 192 valence electrons. The summed E-state index contributed by atoms with van der Waals surface area (Å²) in [5.41, 5.74) is 8.60. The lowest BCUT2D eigenvalue weighted by atomic mass is 9.80. The van der Waals surface area contributed by atoms with Gasteiger partial charge in [0.15, 0.2) is 0 Å². The average molecular weight is 488 g/mol. The first-order chi connectivity index (χ1) is 17.3. The van der Waals surface area contributed by atoms with Crippen molar-refractivity contribution in [3.63, 3.8) is 0 Å². The third kappa shape index (κ3) is 5.02. The van der Waals surface area contributed by atoms with Crippen molar-refractivity contribution in [2.24, 2.45) is 11.8 Å². The molecule has 2 unspecified atom stereocenters. The van der Waals surface area contributed by atoms with Crippen LogP contribution in [0.5, 0.6) is 0 Å². The van der Waals surface area contributed by atoms with Crippen molar-refractivity contribution < 1.29 is 5.11 Å². The summed E-state index contributed by atoms with van der Waals surface area (Å²) in [6.07, 6.45) is 11.8. The third-order valence-electron chi connectivity index (χ3n) is 8.92. The number of aromatic nitrogens is 2. The number of hydrogen-bond acceptors (Lipinski definition) is 5. The summed E-state index contributed by atoms with van der Waals surface area (Å²) in [6.45, 7) is 12.7. The maximum Gasteiger partial charge on any atom is 0.134 e. The van der Waals surface area contributed by atoms with Crippen molar-refractivity contribution in [2.45, 2.75) is 85.0 Å². The van der Waals surface area contributed by atoms with Crippen LogP contribution in [0.4, 0.5) is 0 Å². The Balaban J connectivity index is 1.25. The van der Waals surface area contributed by atoms with E-state index in [9.17, 15) is 5.11 Å². The molecular formula is C30H41N5O. The highest BCUT2D eigenvalue weighted by atomic mass is 16.3. The van der Waals surface area contributed by atoms with E-state index < -0.39 is 6.23 Å². The zero-order valence-electron chi connectivity index (χ0n) is 22.3. The van der Waals surface area contributed by atoms with E-state index in [-0.39, 0.29) is 5.92 Å². The van der Waals surface area contributed by atoms with E-state index in [4.69, 9.17) is 10.2 Å². The van der Waals surface area contributed by atoms with Crippen molar-refractivity contribution in [1.82, 2.24) is 19.8 Å². The number of nitriles is 1. The first-order valence-electron chi connectivity index (χ1n) is 13.8. The molecule has 0 bridgehead atoms. The fourth-order valence-corrected chi connectivity index (χ4v) is 6.48. The van der Waals surface area contributed by atoms with E-state index >= 15 is 0 Å². The maximum absolute atomic E-state index is 11.5. The second-order valence-electron chi connectivity index (χ2n) is 11.5. The number of allylic oxidation sites excluding steroid dienone is 7. The number of rotatable bonds is 5. The van der Waals surface area contributed by atoms with Gasteiger partial charge < -0.3 is 10.1 Å². The van der Waals surface area contributed by atoms with Crippen molar-refractivity contribution in [3.8, 4) is 6.07 Å². The summed E-state index contributed by atoms with van der Waals surface area (Å²) in [5.74, 6) is 1.66. The molecule has 1 fully saturated rings. The molecule has 6 nitrogen and oxygen atoms in total. The minimum Gasteiger partial charge on any atom is -0.378 e. The van der Waals surface area contributed by atoms with E-state index in [0.29, 0.717) is 12.0 Å². The molecule has 4 aliphatic rings. The number of imidazole rings is 1. The number of piperidine rings is 1. The molecule has 0 saturated carbocycles. The van der Waals surface area contributed by atoms with Crippen molar-refractivity contribution >= 4 is 5.57 Å². The molecule has 5 rings (SSSR count). The Morgan fingerprint density at radius 3 is 2.53 bits per heavy atom. The van der Waals surface area contributed by atoms with E-state index in [1.807, 2.05) is 6.08 Å². The Bertz CT molecular complexity index is 1150. The normalized spacial score (nSPS) is 25.2. The van der Waals surface area contributed by atoms with Gasteiger partial charge in [0.2, 0.25) is 0 Å². The zero-order chi connectivity index (χ0) is 25.4. The van der Waals surface area contributed by atoms with Gasteiger partial charge in [0.1, 0.15) is 12.1 Å². The lowest BCUT2D eigenvalue weighted by molar-refractivity contribution is -0.0432. The second kappa shape index (κ2) is 10.5. The van der Waals surface area contributed by atoms with E-state index in [2.05, 4.69) is 60.7 Å². The van der Waals surface area contributed by atoms with Crippen LogP contribution in [0, 0.1) is 23.2 Å². The second-order valence-corrected chi connectivity index (χ2v) is 11.5. The number of H-pyrrole nitrogens is 1. The summed E-state index contributed by atoms with van der Waals surface area (Å²) in [5, 5.41) is 20.6. The molecule has 2 aliphatic heterocycles. The maximum atomic E-state index is 11.5. The SMILES string of the molecule is CC1=CC(C)=C(c2nc3c([nH]2)CN(C(C)C)CC3)CC1C(O)N1CCC(C2=CC=C(C#N)CC2)CC1. The summed E-state index contributed by atoms with van der Waals surface area (Å²) in [7, 11) is 0. The number of aliphatic hydroxyl groups excluding tert-OH is 1. The highest BCUT2D eigenvalue weighted by molar-refractivity contribution is 5.69. The van der Waals surface area contributed by atoms with Crippen molar-refractivity contribution in [2.75, 3.05) is 19.6 Å². The van der Waals surface area contributed by atoms with Crippen LogP contribution in [0.15, 0.2) is 40.5 Å². The standard InChI is InChI=1S/C30H41N5O/c1-19(2)35-14-11-27-28(18-35)33-29(32-27)25-16-26(21(4)15-20(25)3)30(36)34-12-9-24(10-13-34)23-7-5-22(17-31)6-8-23/h5,7,15,19,24,26,30,36H,6,8-14,16,18H2,1-4H3,(H,32,33). The van der Waals surface area contributed by atoms with Crippen LogP contribution in [0.3, 0.4) is 0 Å². The van der Waals surface area contributed by atoms with E-state index in [0.717, 1.165) is 76.1 Å². The van der Waals surface area contributed by atoms with Gasteiger partial charge >= 0.3 is 0 Å². The molecule has 0 amide bonds. The fourth-order valence-electron chi connectivity index (χ4n) is 6.48. The van der Waals surface area contributed by atoms with Crippen molar-refractivity contribution in [3.05, 3.63) is 57.7 Å². The highest BCUT2D eigenvalue weighted by Crippen LogP contribution is 2.39. The minimum atomic E-state index is -0.475. The van der Waals surface area contributed by atoms with Gasteiger partial charge in [0, 0.05) is 50.1 Å². The molecule has 3 heterocycles. The van der Waals surface area contributed by atoms with Gasteiger partial charge in [-0.3, -0.25) is 9.80 Å². The summed E-state index contributed by atoms with van der Waals surface area (Å²) < 4.78 is 0. The third-order valence-corrected chi connectivity index (χ3v) is 8.92. The molecule has 0 radical (unpaired) electrons. The predicted octanol–water partition coefficient (Wildman–Crippen LogP) is 5.12.